The highest BCUT2D eigenvalue weighted by Gasteiger charge is 2.10. The normalized spacial score (nSPS) is 11.8. The van der Waals surface area contributed by atoms with Gasteiger partial charge in [-0.15, -0.1) is 0 Å². The van der Waals surface area contributed by atoms with Gasteiger partial charge in [-0.25, -0.2) is 4.39 Å². The lowest BCUT2D eigenvalue weighted by molar-refractivity contribution is 0.628. The van der Waals surface area contributed by atoms with E-state index in [1.165, 1.54) is 23.5 Å². The second-order valence-corrected chi connectivity index (χ2v) is 4.05. The van der Waals surface area contributed by atoms with E-state index in [-0.39, 0.29) is 5.82 Å². The first-order valence-corrected chi connectivity index (χ1v) is 5.67. The summed E-state index contributed by atoms with van der Waals surface area (Å²) in [6, 6.07) is 9.68. The van der Waals surface area contributed by atoms with Gasteiger partial charge in [0.05, 0.1) is 6.07 Å². The Morgan fingerprint density at radius 1 is 1.38 bits per heavy atom. The Morgan fingerprint density at radius 3 is 2.88 bits per heavy atom. The Hall–Kier alpha value is -1.86. The molecule has 1 aromatic heterocycles. The van der Waals surface area contributed by atoms with Crippen LogP contribution < -0.4 is 5.32 Å². The Bertz CT molecular complexity index is 502. The molecule has 0 aliphatic rings. The number of rotatable bonds is 3. The van der Waals surface area contributed by atoms with Crippen molar-refractivity contribution in [3.8, 4) is 6.07 Å². The Kier molecular flexibility index (Phi) is 3.18. The summed E-state index contributed by atoms with van der Waals surface area (Å²) in [6.07, 6.45) is 0. The van der Waals surface area contributed by atoms with Gasteiger partial charge in [0, 0.05) is 5.69 Å². The van der Waals surface area contributed by atoms with E-state index in [4.69, 9.17) is 5.26 Å². The second-order valence-electron chi connectivity index (χ2n) is 3.27. The van der Waals surface area contributed by atoms with Gasteiger partial charge in [0.25, 0.3) is 0 Å². The van der Waals surface area contributed by atoms with Gasteiger partial charge in [-0.05, 0) is 40.6 Å². The van der Waals surface area contributed by atoms with Gasteiger partial charge >= 0.3 is 0 Å². The third-order valence-electron chi connectivity index (χ3n) is 2.14. The molecule has 1 atom stereocenters. The molecule has 4 heteroatoms. The lowest BCUT2D eigenvalue weighted by Gasteiger charge is -2.11. The monoisotopic (exact) mass is 232 g/mol. The summed E-state index contributed by atoms with van der Waals surface area (Å²) < 4.78 is 12.9. The molecule has 1 aromatic carbocycles. The maximum Gasteiger partial charge on any atom is 0.141 e. The van der Waals surface area contributed by atoms with Crippen LogP contribution in [0.15, 0.2) is 41.1 Å². The van der Waals surface area contributed by atoms with Crippen molar-refractivity contribution >= 4 is 17.0 Å². The van der Waals surface area contributed by atoms with Crippen LogP contribution in [0.3, 0.4) is 0 Å². The van der Waals surface area contributed by atoms with Gasteiger partial charge in [0.1, 0.15) is 11.9 Å². The quantitative estimate of drug-likeness (QED) is 0.878. The third kappa shape index (κ3) is 2.38. The molecule has 80 valence electrons. The van der Waals surface area contributed by atoms with Gasteiger partial charge in [-0.3, -0.25) is 0 Å². The van der Waals surface area contributed by atoms with E-state index in [9.17, 15) is 4.39 Å². The van der Waals surface area contributed by atoms with Crippen LogP contribution in [0, 0.1) is 17.1 Å². The summed E-state index contributed by atoms with van der Waals surface area (Å²) in [6.45, 7) is 0. The van der Waals surface area contributed by atoms with Crippen LogP contribution in [0.25, 0.3) is 0 Å². The van der Waals surface area contributed by atoms with E-state index < -0.39 is 6.04 Å². The van der Waals surface area contributed by atoms with Crippen LogP contribution in [0.2, 0.25) is 0 Å². The number of anilines is 1. The molecular weight excluding hydrogens is 223 g/mol. The Morgan fingerprint density at radius 2 is 2.25 bits per heavy atom. The number of nitrogens with one attached hydrogen (secondary N) is 1. The average molecular weight is 232 g/mol. The molecule has 2 nitrogen and oxygen atoms in total. The van der Waals surface area contributed by atoms with Crippen LogP contribution in [-0.2, 0) is 0 Å². The molecule has 0 aliphatic heterocycles. The molecular formula is C12H9FN2S. The highest BCUT2D eigenvalue weighted by Crippen LogP contribution is 2.21. The van der Waals surface area contributed by atoms with E-state index in [2.05, 4.69) is 11.4 Å². The average Bonchev–Trinajstić information content (AvgIpc) is 2.79. The number of hydrogen-bond acceptors (Lipinski definition) is 3. The first kappa shape index (κ1) is 10.7. The van der Waals surface area contributed by atoms with Crippen molar-refractivity contribution in [2.75, 3.05) is 5.32 Å². The molecule has 1 heterocycles. The Labute approximate surface area is 97.0 Å². The number of hydrogen-bond donors (Lipinski definition) is 1. The van der Waals surface area contributed by atoms with Crippen molar-refractivity contribution in [1.82, 2.24) is 0 Å². The molecule has 0 spiro atoms. The SMILES string of the molecule is N#CC(Nc1cccc(F)c1)c1ccsc1. The molecule has 16 heavy (non-hydrogen) atoms. The number of thiophene rings is 1. The zero-order valence-corrected chi connectivity index (χ0v) is 9.17. The summed E-state index contributed by atoms with van der Waals surface area (Å²) in [5.41, 5.74) is 1.51. The minimum absolute atomic E-state index is 0.313. The molecule has 0 fully saturated rings. The van der Waals surface area contributed by atoms with Crippen molar-refractivity contribution in [3.63, 3.8) is 0 Å². The molecule has 1 N–H and O–H groups in total. The predicted molar refractivity (Wildman–Crippen MR) is 62.7 cm³/mol. The highest BCUT2D eigenvalue weighted by atomic mass is 32.1. The smallest absolute Gasteiger partial charge is 0.141 e. The van der Waals surface area contributed by atoms with E-state index in [1.54, 1.807) is 12.1 Å². The van der Waals surface area contributed by atoms with Crippen LogP contribution in [-0.4, -0.2) is 0 Å². The molecule has 0 amide bonds. The maximum atomic E-state index is 12.9. The molecule has 0 aliphatic carbocycles. The van der Waals surface area contributed by atoms with Gasteiger partial charge in [0.2, 0.25) is 0 Å². The summed E-state index contributed by atoms with van der Waals surface area (Å²) >= 11 is 1.53. The van der Waals surface area contributed by atoms with E-state index in [0.29, 0.717) is 5.69 Å². The molecule has 0 saturated heterocycles. The Balaban J connectivity index is 2.17. The van der Waals surface area contributed by atoms with Crippen LogP contribution in [0.5, 0.6) is 0 Å². The van der Waals surface area contributed by atoms with Gasteiger partial charge in [-0.1, -0.05) is 6.07 Å². The largest absolute Gasteiger partial charge is 0.366 e. The summed E-state index contributed by atoms with van der Waals surface area (Å²) in [4.78, 5) is 0. The van der Waals surface area contributed by atoms with Crippen LogP contribution >= 0.6 is 11.3 Å². The van der Waals surface area contributed by atoms with Crippen molar-refractivity contribution in [2.24, 2.45) is 0 Å². The van der Waals surface area contributed by atoms with Crippen molar-refractivity contribution in [2.45, 2.75) is 6.04 Å². The van der Waals surface area contributed by atoms with Crippen LogP contribution in [0.1, 0.15) is 11.6 Å². The zero-order chi connectivity index (χ0) is 11.4. The fourth-order valence-corrected chi connectivity index (χ4v) is 2.06. The number of nitrogens with zero attached hydrogens (tertiary/aromatic N) is 1. The fraction of sp³-hybridized carbons (Fsp3) is 0.0833. The second kappa shape index (κ2) is 4.77. The van der Waals surface area contributed by atoms with Gasteiger partial charge < -0.3 is 5.32 Å². The highest BCUT2D eigenvalue weighted by molar-refractivity contribution is 7.08. The van der Waals surface area contributed by atoms with Crippen molar-refractivity contribution < 1.29 is 4.39 Å². The lowest BCUT2D eigenvalue weighted by Crippen LogP contribution is -2.07. The number of benzene rings is 1. The van der Waals surface area contributed by atoms with Crippen LogP contribution in [0.4, 0.5) is 10.1 Å². The maximum absolute atomic E-state index is 12.9. The number of nitriles is 1. The van der Waals surface area contributed by atoms with Crippen molar-refractivity contribution in [1.29, 1.82) is 5.26 Å². The first-order chi connectivity index (χ1) is 7.79. The standard InChI is InChI=1S/C12H9FN2S/c13-10-2-1-3-11(6-10)15-12(7-14)9-4-5-16-8-9/h1-6,8,12,15H. The first-order valence-electron chi connectivity index (χ1n) is 4.73. The van der Waals surface area contributed by atoms with Crippen molar-refractivity contribution in [3.05, 3.63) is 52.5 Å². The number of halogens is 1. The van der Waals surface area contributed by atoms with Gasteiger partial charge in [-0.2, -0.15) is 16.6 Å². The summed E-state index contributed by atoms with van der Waals surface area (Å²) in [7, 11) is 0. The van der Waals surface area contributed by atoms with E-state index >= 15 is 0 Å². The molecule has 0 bridgehead atoms. The summed E-state index contributed by atoms with van der Waals surface area (Å²) in [5, 5.41) is 15.8. The van der Waals surface area contributed by atoms with Gasteiger partial charge in [0.15, 0.2) is 0 Å². The fourth-order valence-electron chi connectivity index (χ4n) is 1.37. The minimum Gasteiger partial charge on any atom is -0.366 e. The molecule has 0 saturated carbocycles. The molecule has 2 rings (SSSR count). The minimum atomic E-state index is -0.437. The summed E-state index contributed by atoms with van der Waals surface area (Å²) in [5.74, 6) is -0.313. The zero-order valence-electron chi connectivity index (χ0n) is 8.35. The topological polar surface area (TPSA) is 35.8 Å². The molecule has 2 aromatic rings. The molecule has 1 unspecified atom stereocenters. The third-order valence-corrected chi connectivity index (χ3v) is 2.84. The predicted octanol–water partition coefficient (Wildman–Crippen LogP) is 3.56. The molecule has 0 radical (unpaired) electrons. The van der Waals surface area contributed by atoms with E-state index in [0.717, 1.165) is 5.56 Å². The lowest BCUT2D eigenvalue weighted by atomic mass is 10.1. The van der Waals surface area contributed by atoms with E-state index in [1.807, 2.05) is 16.8 Å².